The molecule has 108 heavy (non-hydrogen) atoms. The first kappa shape index (κ1) is 64.1. The topological polar surface area (TPSA) is 82.0 Å². The van der Waals surface area contributed by atoms with Crippen molar-refractivity contribution in [2.24, 2.45) is 0 Å². The van der Waals surface area contributed by atoms with Gasteiger partial charge >= 0.3 is 7.69 Å². The summed E-state index contributed by atoms with van der Waals surface area (Å²) in [4.78, 5) is 0. The fourth-order valence-corrected chi connectivity index (χ4v) is 16.8. The normalized spacial score (nSPS) is 11.6. The van der Waals surface area contributed by atoms with Gasteiger partial charge in [-0.25, -0.2) is 0 Å². The van der Waals surface area contributed by atoms with E-state index in [1.54, 1.807) is 0 Å². The van der Waals surface area contributed by atoms with Crippen molar-refractivity contribution in [3.05, 3.63) is 368 Å². The lowest BCUT2D eigenvalue weighted by molar-refractivity contribution is 0.459. The van der Waals surface area contributed by atoms with E-state index in [1.165, 1.54) is 49.2 Å². The Balaban J connectivity index is 0.000000118. The molecule has 0 fully saturated rings. The summed E-state index contributed by atoms with van der Waals surface area (Å²) in [5, 5.41) is 27.5. The maximum absolute atomic E-state index is 9.43. The van der Waals surface area contributed by atoms with Crippen LogP contribution in [0.15, 0.2) is 386 Å². The second-order valence-electron chi connectivity index (χ2n) is 27.2. The molecule has 18 aromatic carbocycles. The van der Waals surface area contributed by atoms with Gasteiger partial charge in [-0.2, -0.15) is 0 Å². The van der Waals surface area contributed by atoms with Crippen LogP contribution < -0.4 is 4.65 Å². The van der Waals surface area contributed by atoms with Gasteiger partial charge in [-0.1, -0.05) is 337 Å². The Bertz CT molecular complexity index is 7170. The molecule has 0 amide bonds. The van der Waals surface area contributed by atoms with E-state index >= 15 is 0 Å². The monoisotopic (exact) mass is 1450 g/mol. The maximum atomic E-state index is 9.43. The quantitative estimate of drug-likeness (QED) is 0.115. The summed E-state index contributed by atoms with van der Waals surface area (Å²) in [6.45, 7) is 0. The van der Waals surface area contributed by atoms with Gasteiger partial charge in [0.2, 0.25) is 0 Å². The number of halogens is 1. The molecule has 0 aliphatic carbocycles. The third-order valence-electron chi connectivity index (χ3n) is 21.2. The lowest BCUT2D eigenvalue weighted by Crippen LogP contribution is -2.02. The molecule has 0 atom stereocenters. The first-order valence-electron chi connectivity index (χ1n) is 36.2. The molecule has 4 aromatic heterocycles. The number of hydrogen-bond acceptors (Lipinski definition) is 6. The molecule has 0 spiro atoms. The lowest BCUT2D eigenvalue weighted by Gasteiger charge is -2.18. The van der Waals surface area contributed by atoms with Crippen LogP contribution >= 0.6 is 15.9 Å². The Morgan fingerprint density at radius 2 is 0.463 bits per heavy atom. The van der Waals surface area contributed by atoms with Crippen molar-refractivity contribution in [3.63, 3.8) is 0 Å². The highest BCUT2D eigenvalue weighted by molar-refractivity contribution is 9.10. The maximum Gasteiger partial charge on any atom is 0.569 e. The lowest BCUT2D eigenvalue weighted by atomic mass is 9.85. The largest absolute Gasteiger partial charge is 0.569 e. The minimum Gasteiger partial charge on any atom is -0.537 e. The van der Waals surface area contributed by atoms with E-state index in [2.05, 4.69) is 271 Å². The average molecular weight is 1450 g/mol. The number of fused-ring (bicyclic) bond motifs is 16. The third kappa shape index (κ3) is 11.0. The number of para-hydroxylation sites is 8. The van der Waals surface area contributed by atoms with Crippen molar-refractivity contribution in [1.29, 1.82) is 0 Å². The van der Waals surface area contributed by atoms with Crippen LogP contribution in [0, 0.1) is 0 Å². The second kappa shape index (κ2) is 26.9. The number of rotatable bonds is 9. The molecule has 22 aromatic rings. The SMILES string of the molecule is Brc1cccc(-c2cccc3c2oc2ccccc23)c1.O[B]Oc1c2ccccc2c(-c2ccc(-c3cccc4c3oc3ccccc34)cc2)c2ccccc12.c1cc(-c2c3ccccc3c(-c3ccc(-c4cccc5c4oc4ccccc45)cc3)c3ccccc23)cc(-c2cccc3c2oc2ccccc23)c1. The highest BCUT2D eigenvalue weighted by Gasteiger charge is 2.22. The molecular weight excluding hydrogens is 1390 g/mol. The Morgan fingerprint density at radius 1 is 0.213 bits per heavy atom. The van der Waals surface area contributed by atoms with E-state index in [9.17, 15) is 5.02 Å². The Kier molecular flexibility index (Phi) is 16.0. The van der Waals surface area contributed by atoms with E-state index in [0.29, 0.717) is 5.75 Å². The van der Waals surface area contributed by atoms with Gasteiger partial charge in [-0.3, -0.25) is 0 Å². The van der Waals surface area contributed by atoms with Gasteiger partial charge in [0.25, 0.3) is 0 Å². The fourth-order valence-electron chi connectivity index (χ4n) is 16.4. The predicted octanol–water partition coefficient (Wildman–Crippen LogP) is 28.6. The first-order chi connectivity index (χ1) is 53.5. The van der Waals surface area contributed by atoms with Crippen LogP contribution in [0.3, 0.4) is 0 Å². The molecule has 6 nitrogen and oxygen atoms in total. The van der Waals surface area contributed by atoms with Crippen LogP contribution in [0.5, 0.6) is 5.75 Å². The van der Waals surface area contributed by atoms with Crippen molar-refractivity contribution in [3.8, 4) is 83.6 Å². The zero-order valence-corrected chi connectivity index (χ0v) is 59.7. The Morgan fingerprint density at radius 3 is 0.806 bits per heavy atom. The molecule has 0 saturated heterocycles. The van der Waals surface area contributed by atoms with Crippen molar-refractivity contribution < 1.29 is 27.3 Å². The minimum absolute atomic E-state index is 0.653. The van der Waals surface area contributed by atoms with Gasteiger partial charge in [-0.05, 0) is 130 Å². The van der Waals surface area contributed by atoms with Gasteiger partial charge in [0.1, 0.15) is 50.4 Å². The van der Waals surface area contributed by atoms with Crippen LogP contribution in [0.1, 0.15) is 0 Å². The van der Waals surface area contributed by atoms with Gasteiger partial charge in [0, 0.05) is 80.6 Å². The standard InChI is InChI=1S/C50H30O2.C32H20BO3.C18H11BrO/c1-3-18-41-39(16-1)47(32-28-26-31(27-29-32)35-20-10-22-43-37-14-5-7-24-45(37)51-49(35)43)40-17-2-4-19-42(40)48(41)34-13-9-12-33(30-34)36-21-11-23-44-38-15-6-8-25-46(38)52-50(36)44;34-33-36-32-27-11-3-1-9-24(27)30(25-10-2-4-12-28(25)32)21-18-16-20(17-19-21)22-13-7-14-26-23-8-5-6-15-29(23)35-31(22)26;19-13-6-3-5-12(11-13)14-8-4-9-16-15-7-1-2-10-17(15)20-18(14)16/h1-30H;1-19,34H;1-11H. The zero-order valence-electron chi connectivity index (χ0n) is 58.1. The molecule has 0 unspecified atom stereocenters. The highest BCUT2D eigenvalue weighted by atomic mass is 79.9. The molecule has 8 heteroatoms. The summed E-state index contributed by atoms with van der Waals surface area (Å²) < 4.78 is 31.8. The smallest absolute Gasteiger partial charge is 0.537 e. The molecule has 0 aliphatic heterocycles. The van der Waals surface area contributed by atoms with E-state index < -0.39 is 0 Å². The molecule has 1 radical (unpaired) electrons. The fraction of sp³-hybridized carbons (Fsp3) is 0. The van der Waals surface area contributed by atoms with Crippen molar-refractivity contribution in [2.75, 3.05) is 0 Å². The minimum atomic E-state index is 0.653. The molecule has 0 saturated carbocycles. The molecule has 0 aliphatic rings. The van der Waals surface area contributed by atoms with Crippen LogP contribution in [0.4, 0.5) is 0 Å². The Labute approximate surface area is 629 Å². The van der Waals surface area contributed by atoms with Gasteiger partial charge < -0.3 is 27.3 Å². The van der Waals surface area contributed by atoms with Crippen molar-refractivity contribution in [2.45, 2.75) is 0 Å². The number of furan rings is 4. The third-order valence-corrected chi connectivity index (χ3v) is 21.7. The van der Waals surface area contributed by atoms with Crippen molar-refractivity contribution in [1.82, 2.24) is 0 Å². The van der Waals surface area contributed by atoms with Crippen LogP contribution in [0.25, 0.3) is 209 Å². The first-order valence-corrected chi connectivity index (χ1v) is 36.9. The van der Waals surface area contributed by atoms with E-state index in [-0.39, 0.29) is 0 Å². The Hall–Kier alpha value is -13.5. The molecule has 0 bridgehead atoms. The average Bonchev–Trinajstić information content (AvgIpc) is 1.21. The summed E-state index contributed by atoms with van der Waals surface area (Å²) in [5.74, 6) is 0.653. The summed E-state index contributed by atoms with van der Waals surface area (Å²) in [7, 11) is 0.751. The molecule has 1 N–H and O–H groups in total. The second-order valence-corrected chi connectivity index (χ2v) is 28.1. The summed E-state index contributed by atoms with van der Waals surface area (Å²) in [5.41, 5.74) is 23.4. The van der Waals surface area contributed by atoms with E-state index in [4.69, 9.17) is 22.3 Å². The molecular formula is C100H61BBrO6. The van der Waals surface area contributed by atoms with Crippen LogP contribution in [-0.4, -0.2) is 12.7 Å². The van der Waals surface area contributed by atoms with Crippen LogP contribution in [0.2, 0.25) is 0 Å². The number of hydrogen-bond donors (Lipinski definition) is 1. The van der Waals surface area contributed by atoms with Gasteiger partial charge in [-0.15, -0.1) is 0 Å². The zero-order chi connectivity index (χ0) is 71.8. The van der Waals surface area contributed by atoms with Gasteiger partial charge in [0.15, 0.2) is 0 Å². The number of benzene rings is 18. The van der Waals surface area contributed by atoms with E-state index in [1.807, 2.05) is 109 Å². The van der Waals surface area contributed by atoms with E-state index in [0.717, 1.165) is 172 Å². The summed E-state index contributed by atoms with van der Waals surface area (Å²) in [6.07, 6.45) is 0. The van der Waals surface area contributed by atoms with Crippen LogP contribution in [-0.2, 0) is 0 Å². The molecule has 507 valence electrons. The predicted molar refractivity (Wildman–Crippen MR) is 453 cm³/mol. The van der Waals surface area contributed by atoms with Gasteiger partial charge in [0.05, 0.1) is 0 Å². The highest BCUT2D eigenvalue weighted by Crippen LogP contribution is 2.49. The molecule has 22 rings (SSSR count). The summed E-state index contributed by atoms with van der Waals surface area (Å²) in [6, 6.07) is 127. The van der Waals surface area contributed by atoms with Crippen molar-refractivity contribution >= 4 is 154 Å². The molecule has 4 heterocycles. The summed E-state index contributed by atoms with van der Waals surface area (Å²) >= 11 is 3.53.